The van der Waals surface area contributed by atoms with E-state index in [9.17, 15) is 0 Å². The van der Waals surface area contributed by atoms with Crippen LogP contribution in [0.25, 0.3) is 11.5 Å². The minimum Gasteiger partial charge on any atom is -0.419 e. The molecule has 1 aliphatic carbocycles. The fourth-order valence-corrected chi connectivity index (χ4v) is 2.38. The molecule has 1 aliphatic rings. The number of aryl methyl sites for hydroxylation is 2. The highest BCUT2D eigenvalue weighted by molar-refractivity contribution is 5.56. The predicted octanol–water partition coefficient (Wildman–Crippen LogP) is 2.33. The molecule has 0 unspecified atom stereocenters. The molecule has 0 saturated heterocycles. The van der Waals surface area contributed by atoms with Gasteiger partial charge >= 0.3 is 0 Å². The Hall–Kier alpha value is -1.68. The second-order valence-electron chi connectivity index (χ2n) is 4.62. The third-order valence-electron chi connectivity index (χ3n) is 3.34. The molecule has 1 heterocycles. The Balaban J connectivity index is 1.83. The summed E-state index contributed by atoms with van der Waals surface area (Å²) < 4.78 is 5.65. The quantitative estimate of drug-likeness (QED) is 0.895. The van der Waals surface area contributed by atoms with Crippen molar-refractivity contribution in [2.75, 3.05) is 6.54 Å². The highest BCUT2D eigenvalue weighted by Gasteiger charge is 2.14. The fraction of sp³-hybridized carbons (Fsp3) is 0.429. The normalized spacial score (nSPS) is 13.8. The van der Waals surface area contributed by atoms with Gasteiger partial charge in [0.1, 0.15) is 0 Å². The summed E-state index contributed by atoms with van der Waals surface area (Å²) >= 11 is 0. The van der Waals surface area contributed by atoms with Crippen LogP contribution in [0.3, 0.4) is 0 Å². The van der Waals surface area contributed by atoms with Gasteiger partial charge in [-0.2, -0.15) is 0 Å². The number of nitrogens with zero attached hydrogens (tertiary/aromatic N) is 2. The van der Waals surface area contributed by atoms with Gasteiger partial charge in [0.05, 0.1) is 6.54 Å². The molecule has 0 bridgehead atoms. The van der Waals surface area contributed by atoms with Crippen molar-refractivity contribution in [3.8, 4) is 11.5 Å². The maximum Gasteiger partial charge on any atom is 0.247 e. The van der Waals surface area contributed by atoms with Crippen LogP contribution in [-0.4, -0.2) is 16.7 Å². The average molecular weight is 243 g/mol. The minimum absolute atomic E-state index is 0.623. The van der Waals surface area contributed by atoms with Crippen LogP contribution in [0.1, 0.15) is 30.4 Å². The summed E-state index contributed by atoms with van der Waals surface area (Å²) in [6.07, 6.45) is 3.63. The van der Waals surface area contributed by atoms with Gasteiger partial charge in [-0.05, 0) is 49.1 Å². The van der Waals surface area contributed by atoms with Crippen molar-refractivity contribution >= 4 is 0 Å². The molecule has 94 valence electrons. The lowest BCUT2D eigenvalue weighted by Crippen LogP contribution is -2.11. The van der Waals surface area contributed by atoms with E-state index in [1.807, 2.05) is 0 Å². The van der Waals surface area contributed by atoms with Gasteiger partial charge in [-0.3, -0.25) is 0 Å². The van der Waals surface area contributed by atoms with Crippen molar-refractivity contribution in [2.24, 2.45) is 0 Å². The van der Waals surface area contributed by atoms with Gasteiger partial charge in [-0.15, -0.1) is 10.2 Å². The molecule has 0 radical (unpaired) electrons. The molecular weight excluding hydrogens is 226 g/mol. The Kier molecular flexibility index (Phi) is 3.11. The second kappa shape index (κ2) is 4.90. The standard InChI is InChI=1S/C14H17N3O/c1-2-15-9-13-16-17-14(18-13)12-7-6-10-4-3-5-11(10)8-12/h6-8,15H,2-5,9H2,1H3. The highest BCUT2D eigenvalue weighted by Crippen LogP contribution is 2.27. The van der Waals surface area contributed by atoms with Gasteiger partial charge in [0.2, 0.25) is 11.8 Å². The summed E-state index contributed by atoms with van der Waals surface area (Å²) in [5, 5.41) is 11.3. The second-order valence-corrected chi connectivity index (χ2v) is 4.62. The summed E-state index contributed by atoms with van der Waals surface area (Å²) in [5.74, 6) is 1.27. The molecule has 2 aromatic rings. The van der Waals surface area contributed by atoms with Crippen molar-refractivity contribution in [1.82, 2.24) is 15.5 Å². The van der Waals surface area contributed by atoms with Crippen LogP contribution in [0, 0.1) is 0 Å². The molecule has 0 fully saturated rings. The van der Waals surface area contributed by atoms with Crippen molar-refractivity contribution < 1.29 is 4.42 Å². The van der Waals surface area contributed by atoms with E-state index in [-0.39, 0.29) is 0 Å². The zero-order chi connectivity index (χ0) is 12.4. The summed E-state index contributed by atoms with van der Waals surface area (Å²) in [6.45, 7) is 3.59. The molecule has 0 spiro atoms. The lowest BCUT2D eigenvalue weighted by molar-refractivity contribution is 0.482. The topological polar surface area (TPSA) is 51.0 Å². The molecule has 0 saturated carbocycles. The van der Waals surface area contributed by atoms with Crippen molar-refractivity contribution in [3.05, 3.63) is 35.2 Å². The zero-order valence-electron chi connectivity index (χ0n) is 10.6. The number of rotatable bonds is 4. The summed E-state index contributed by atoms with van der Waals surface area (Å²) in [7, 11) is 0. The van der Waals surface area contributed by atoms with Gasteiger partial charge in [0, 0.05) is 5.56 Å². The summed E-state index contributed by atoms with van der Waals surface area (Å²) in [5.41, 5.74) is 3.93. The highest BCUT2D eigenvalue weighted by atomic mass is 16.4. The molecular formula is C14H17N3O. The molecule has 0 amide bonds. The van der Waals surface area contributed by atoms with E-state index in [2.05, 4.69) is 40.6 Å². The van der Waals surface area contributed by atoms with E-state index in [1.54, 1.807) is 0 Å². The van der Waals surface area contributed by atoms with Gasteiger partial charge < -0.3 is 9.73 Å². The minimum atomic E-state index is 0.623. The Morgan fingerprint density at radius 1 is 1.22 bits per heavy atom. The van der Waals surface area contributed by atoms with Crippen LogP contribution in [0.15, 0.2) is 22.6 Å². The molecule has 1 N–H and O–H groups in total. The van der Waals surface area contributed by atoms with E-state index < -0.39 is 0 Å². The molecule has 4 nitrogen and oxygen atoms in total. The van der Waals surface area contributed by atoms with Gasteiger partial charge in [0.15, 0.2) is 0 Å². The van der Waals surface area contributed by atoms with Crippen LogP contribution in [0.5, 0.6) is 0 Å². The largest absolute Gasteiger partial charge is 0.419 e. The molecule has 1 aromatic heterocycles. The number of fused-ring (bicyclic) bond motifs is 1. The summed E-state index contributed by atoms with van der Waals surface area (Å²) in [4.78, 5) is 0. The first-order valence-corrected chi connectivity index (χ1v) is 6.52. The summed E-state index contributed by atoms with van der Waals surface area (Å²) in [6, 6.07) is 6.45. The van der Waals surface area contributed by atoms with Crippen LogP contribution in [0.4, 0.5) is 0 Å². The van der Waals surface area contributed by atoms with E-state index in [4.69, 9.17) is 4.42 Å². The Morgan fingerprint density at radius 2 is 2.11 bits per heavy atom. The zero-order valence-corrected chi connectivity index (χ0v) is 10.6. The van der Waals surface area contributed by atoms with Crippen molar-refractivity contribution in [3.63, 3.8) is 0 Å². The molecule has 3 rings (SSSR count). The monoisotopic (exact) mass is 243 g/mol. The van der Waals surface area contributed by atoms with E-state index in [0.29, 0.717) is 18.3 Å². The number of aromatic nitrogens is 2. The lowest BCUT2D eigenvalue weighted by atomic mass is 10.1. The Bertz CT molecular complexity index is 548. The van der Waals surface area contributed by atoms with Crippen molar-refractivity contribution in [2.45, 2.75) is 32.7 Å². The lowest BCUT2D eigenvalue weighted by Gasteiger charge is -2.00. The number of hydrogen-bond acceptors (Lipinski definition) is 4. The predicted molar refractivity (Wildman–Crippen MR) is 69.1 cm³/mol. The van der Waals surface area contributed by atoms with Crippen LogP contribution in [-0.2, 0) is 19.4 Å². The SMILES string of the molecule is CCNCc1nnc(-c2ccc3c(c2)CCC3)o1. The molecule has 18 heavy (non-hydrogen) atoms. The fourth-order valence-electron chi connectivity index (χ4n) is 2.38. The number of nitrogens with one attached hydrogen (secondary N) is 1. The van der Waals surface area contributed by atoms with Crippen LogP contribution < -0.4 is 5.32 Å². The van der Waals surface area contributed by atoms with E-state index in [0.717, 1.165) is 12.1 Å². The van der Waals surface area contributed by atoms with Gasteiger partial charge in [-0.1, -0.05) is 13.0 Å². The first kappa shape index (κ1) is 11.4. The molecule has 1 aromatic carbocycles. The van der Waals surface area contributed by atoms with Crippen LogP contribution >= 0.6 is 0 Å². The van der Waals surface area contributed by atoms with E-state index >= 15 is 0 Å². The first-order chi connectivity index (χ1) is 8.86. The van der Waals surface area contributed by atoms with Crippen molar-refractivity contribution in [1.29, 1.82) is 0 Å². The molecule has 0 atom stereocenters. The van der Waals surface area contributed by atoms with Gasteiger partial charge in [0.25, 0.3) is 0 Å². The van der Waals surface area contributed by atoms with Crippen LogP contribution in [0.2, 0.25) is 0 Å². The molecule has 4 heteroatoms. The maximum atomic E-state index is 5.65. The Labute approximate surface area is 106 Å². The third kappa shape index (κ3) is 2.16. The first-order valence-electron chi connectivity index (χ1n) is 6.52. The number of hydrogen-bond donors (Lipinski definition) is 1. The number of benzene rings is 1. The smallest absolute Gasteiger partial charge is 0.247 e. The molecule has 0 aliphatic heterocycles. The Morgan fingerprint density at radius 3 is 3.00 bits per heavy atom. The van der Waals surface area contributed by atoms with Gasteiger partial charge in [-0.25, -0.2) is 0 Å². The average Bonchev–Trinajstić information content (AvgIpc) is 3.04. The van der Waals surface area contributed by atoms with E-state index in [1.165, 1.54) is 30.4 Å². The third-order valence-corrected chi connectivity index (χ3v) is 3.34. The maximum absolute atomic E-state index is 5.65.